The Labute approximate surface area is 128 Å². The smallest absolute Gasteiger partial charge is 0.207 e. The number of rotatable bonds is 3. The van der Waals surface area contributed by atoms with Crippen LogP contribution in [0.5, 0.6) is 0 Å². The molecule has 1 unspecified atom stereocenters. The second-order valence-electron chi connectivity index (χ2n) is 4.90. The molecule has 1 atom stereocenters. The molecule has 6 heteroatoms. The molecule has 4 nitrogen and oxygen atoms in total. The SMILES string of the molecule is N#Cc1ccccc1S(=O)(=O)N1CCCC1c1cccs1. The Hall–Kier alpha value is -1.68. The average molecular weight is 318 g/mol. The summed E-state index contributed by atoms with van der Waals surface area (Å²) in [4.78, 5) is 1.17. The number of thiophene rings is 1. The highest BCUT2D eigenvalue weighted by molar-refractivity contribution is 7.89. The summed E-state index contributed by atoms with van der Waals surface area (Å²) < 4.78 is 27.3. The van der Waals surface area contributed by atoms with Crippen molar-refractivity contribution in [1.82, 2.24) is 4.31 Å². The summed E-state index contributed by atoms with van der Waals surface area (Å²) in [6, 6.07) is 12.2. The van der Waals surface area contributed by atoms with Crippen LogP contribution in [0.3, 0.4) is 0 Å². The van der Waals surface area contributed by atoms with E-state index in [1.165, 1.54) is 10.4 Å². The zero-order valence-corrected chi connectivity index (χ0v) is 12.9. The van der Waals surface area contributed by atoms with Crippen LogP contribution in [-0.2, 0) is 10.0 Å². The van der Waals surface area contributed by atoms with Gasteiger partial charge in [-0.25, -0.2) is 8.42 Å². The first-order valence-corrected chi connectivity index (χ1v) is 9.01. The molecule has 1 aromatic carbocycles. The minimum Gasteiger partial charge on any atom is -0.207 e. The molecular formula is C15H14N2O2S2. The van der Waals surface area contributed by atoms with Crippen LogP contribution in [0, 0.1) is 11.3 Å². The van der Waals surface area contributed by atoms with Crippen LogP contribution in [0.2, 0.25) is 0 Å². The van der Waals surface area contributed by atoms with Gasteiger partial charge in [0.2, 0.25) is 10.0 Å². The van der Waals surface area contributed by atoms with Crippen LogP contribution in [0.15, 0.2) is 46.7 Å². The van der Waals surface area contributed by atoms with Crippen molar-refractivity contribution < 1.29 is 8.42 Å². The van der Waals surface area contributed by atoms with E-state index in [0.717, 1.165) is 17.7 Å². The molecule has 1 aromatic heterocycles. The lowest BCUT2D eigenvalue weighted by atomic mass is 10.2. The van der Waals surface area contributed by atoms with Gasteiger partial charge < -0.3 is 0 Å². The van der Waals surface area contributed by atoms with Crippen molar-refractivity contribution in [2.24, 2.45) is 0 Å². The van der Waals surface area contributed by atoms with Crippen molar-refractivity contribution in [2.45, 2.75) is 23.8 Å². The minimum absolute atomic E-state index is 0.107. The van der Waals surface area contributed by atoms with E-state index in [2.05, 4.69) is 0 Å². The molecule has 1 aliphatic rings. The lowest BCUT2D eigenvalue weighted by Crippen LogP contribution is -2.30. The molecule has 0 amide bonds. The molecule has 0 saturated carbocycles. The second kappa shape index (κ2) is 5.60. The summed E-state index contributed by atoms with van der Waals surface area (Å²) in [5.41, 5.74) is 0.203. The highest BCUT2D eigenvalue weighted by Crippen LogP contribution is 2.38. The van der Waals surface area contributed by atoms with Gasteiger partial charge in [0.1, 0.15) is 6.07 Å². The van der Waals surface area contributed by atoms with Crippen LogP contribution in [0.25, 0.3) is 0 Å². The first-order chi connectivity index (χ1) is 10.1. The largest absolute Gasteiger partial charge is 0.244 e. The number of nitrogens with zero attached hydrogens (tertiary/aromatic N) is 2. The van der Waals surface area contributed by atoms with Gasteiger partial charge in [-0.2, -0.15) is 9.57 Å². The van der Waals surface area contributed by atoms with E-state index in [-0.39, 0.29) is 16.5 Å². The van der Waals surface area contributed by atoms with Gasteiger partial charge in [0, 0.05) is 11.4 Å². The maximum Gasteiger partial charge on any atom is 0.244 e. The molecule has 1 aliphatic heterocycles. The molecule has 108 valence electrons. The zero-order chi connectivity index (χ0) is 14.9. The molecule has 1 fully saturated rings. The summed E-state index contributed by atoms with van der Waals surface area (Å²) in [6.45, 7) is 0.505. The number of benzene rings is 1. The normalized spacial score (nSPS) is 19.5. The summed E-state index contributed by atoms with van der Waals surface area (Å²) in [6.07, 6.45) is 1.67. The lowest BCUT2D eigenvalue weighted by Gasteiger charge is -2.23. The maximum absolute atomic E-state index is 12.9. The van der Waals surface area contributed by atoms with Crippen molar-refractivity contribution in [3.8, 4) is 6.07 Å². The Morgan fingerprint density at radius 1 is 1.24 bits per heavy atom. The van der Waals surface area contributed by atoms with Crippen molar-refractivity contribution >= 4 is 21.4 Å². The fraction of sp³-hybridized carbons (Fsp3) is 0.267. The fourth-order valence-corrected chi connectivity index (χ4v) is 5.46. The van der Waals surface area contributed by atoms with Crippen LogP contribution >= 0.6 is 11.3 Å². The molecule has 1 saturated heterocycles. The van der Waals surface area contributed by atoms with E-state index in [1.54, 1.807) is 29.5 Å². The highest BCUT2D eigenvalue weighted by atomic mass is 32.2. The van der Waals surface area contributed by atoms with Crippen molar-refractivity contribution in [3.63, 3.8) is 0 Å². The van der Waals surface area contributed by atoms with Gasteiger partial charge >= 0.3 is 0 Å². The number of sulfonamides is 1. The monoisotopic (exact) mass is 318 g/mol. The average Bonchev–Trinajstić information content (AvgIpc) is 3.17. The molecule has 0 aliphatic carbocycles. The van der Waals surface area contributed by atoms with Crippen LogP contribution in [-0.4, -0.2) is 19.3 Å². The van der Waals surface area contributed by atoms with E-state index in [9.17, 15) is 8.42 Å². The molecule has 2 aromatic rings. The quantitative estimate of drug-likeness (QED) is 0.873. The van der Waals surface area contributed by atoms with Gasteiger partial charge in [-0.15, -0.1) is 11.3 Å². The summed E-state index contributed by atoms with van der Waals surface area (Å²) >= 11 is 1.57. The third-order valence-electron chi connectivity index (χ3n) is 3.67. The zero-order valence-electron chi connectivity index (χ0n) is 11.3. The summed E-state index contributed by atoms with van der Waals surface area (Å²) in [5, 5.41) is 11.1. The molecular weight excluding hydrogens is 304 g/mol. The van der Waals surface area contributed by atoms with Gasteiger partial charge in [-0.05, 0) is 36.4 Å². The maximum atomic E-state index is 12.9. The van der Waals surface area contributed by atoms with E-state index in [1.807, 2.05) is 23.6 Å². The number of hydrogen-bond acceptors (Lipinski definition) is 4. The molecule has 0 spiro atoms. The van der Waals surface area contributed by atoms with Crippen molar-refractivity contribution in [3.05, 3.63) is 52.2 Å². The Morgan fingerprint density at radius 2 is 2.05 bits per heavy atom. The molecule has 3 rings (SSSR count). The second-order valence-corrected chi connectivity index (χ2v) is 7.74. The van der Waals surface area contributed by atoms with Gasteiger partial charge in [0.15, 0.2) is 0 Å². The standard InChI is InChI=1S/C15H14N2O2S2/c16-11-12-5-1-2-8-15(12)21(18,19)17-9-3-6-13(17)14-7-4-10-20-14/h1-2,4-5,7-8,10,13H,3,6,9H2. The molecule has 21 heavy (non-hydrogen) atoms. The molecule has 0 radical (unpaired) electrons. The first-order valence-electron chi connectivity index (χ1n) is 6.69. The number of hydrogen-bond donors (Lipinski definition) is 0. The lowest BCUT2D eigenvalue weighted by molar-refractivity contribution is 0.401. The first kappa shape index (κ1) is 14.3. The Morgan fingerprint density at radius 3 is 2.76 bits per heavy atom. The Balaban J connectivity index is 2.04. The third-order valence-corrected chi connectivity index (χ3v) is 6.61. The van der Waals surface area contributed by atoms with Crippen LogP contribution < -0.4 is 0 Å². The summed E-state index contributed by atoms with van der Waals surface area (Å²) in [7, 11) is -3.64. The summed E-state index contributed by atoms with van der Waals surface area (Å²) in [5.74, 6) is 0. The van der Waals surface area contributed by atoms with Crippen molar-refractivity contribution in [2.75, 3.05) is 6.54 Å². The van der Waals surface area contributed by atoms with Gasteiger partial charge in [0.25, 0.3) is 0 Å². The van der Waals surface area contributed by atoms with Crippen LogP contribution in [0.1, 0.15) is 29.3 Å². The predicted molar refractivity (Wildman–Crippen MR) is 81.3 cm³/mol. The minimum atomic E-state index is -3.64. The number of nitriles is 1. The highest BCUT2D eigenvalue weighted by Gasteiger charge is 2.37. The molecule has 0 N–H and O–H groups in total. The van der Waals surface area contributed by atoms with Crippen LogP contribution in [0.4, 0.5) is 0 Å². The van der Waals surface area contributed by atoms with Gasteiger partial charge in [-0.1, -0.05) is 18.2 Å². The fourth-order valence-electron chi connectivity index (χ4n) is 2.70. The predicted octanol–water partition coefficient (Wildman–Crippen LogP) is 3.15. The van der Waals surface area contributed by atoms with E-state index >= 15 is 0 Å². The molecule has 2 heterocycles. The van der Waals surface area contributed by atoms with Crippen molar-refractivity contribution in [1.29, 1.82) is 5.26 Å². The van der Waals surface area contributed by atoms with E-state index in [0.29, 0.717) is 6.54 Å². The third kappa shape index (κ3) is 2.48. The van der Waals surface area contributed by atoms with E-state index in [4.69, 9.17) is 5.26 Å². The topological polar surface area (TPSA) is 61.2 Å². The van der Waals surface area contributed by atoms with Gasteiger partial charge in [0.05, 0.1) is 16.5 Å². The Bertz CT molecular complexity index is 776. The molecule has 0 bridgehead atoms. The van der Waals surface area contributed by atoms with E-state index < -0.39 is 10.0 Å². The van der Waals surface area contributed by atoms with Gasteiger partial charge in [-0.3, -0.25) is 0 Å². The Kier molecular flexibility index (Phi) is 3.81.